The maximum absolute atomic E-state index is 12.4. The van der Waals surface area contributed by atoms with Crippen LogP contribution in [0.1, 0.15) is 64.7 Å². The maximum Gasteiger partial charge on any atom is 0.328 e. The van der Waals surface area contributed by atoms with Crippen LogP contribution in [0.25, 0.3) is 0 Å². The molecule has 8 heteroatoms. The van der Waals surface area contributed by atoms with E-state index in [1.807, 2.05) is 6.92 Å². The summed E-state index contributed by atoms with van der Waals surface area (Å²) in [6.07, 6.45) is 5.01. The van der Waals surface area contributed by atoms with Crippen LogP contribution in [0.5, 0.6) is 0 Å². The van der Waals surface area contributed by atoms with Crippen molar-refractivity contribution in [2.75, 3.05) is 19.7 Å². The number of unbranched alkanes of at least 4 members (excludes halogenated alkanes) is 1. The second kappa shape index (κ2) is 10.3. The lowest BCUT2D eigenvalue weighted by Gasteiger charge is -2.23. The largest absolute Gasteiger partial charge is 0.480 e. The second-order valence-corrected chi connectivity index (χ2v) is 7.20. The van der Waals surface area contributed by atoms with Gasteiger partial charge in [0.15, 0.2) is 0 Å². The molecule has 0 aromatic rings. The molecule has 8 nitrogen and oxygen atoms in total. The summed E-state index contributed by atoms with van der Waals surface area (Å²) in [5.41, 5.74) is 0. The third-order valence-corrected chi connectivity index (χ3v) is 5.18. The predicted molar refractivity (Wildman–Crippen MR) is 96.8 cm³/mol. The molecular weight excluding hydrogens is 352 g/mol. The van der Waals surface area contributed by atoms with Gasteiger partial charge in [0.25, 0.3) is 0 Å². The number of nitrogens with zero attached hydrogens (tertiary/aromatic N) is 2. The Balaban J connectivity index is 1.71. The molecule has 2 rings (SSSR count). The number of esters is 1. The highest BCUT2D eigenvalue weighted by molar-refractivity contribution is 5.85. The van der Waals surface area contributed by atoms with Crippen LogP contribution in [0.2, 0.25) is 0 Å². The van der Waals surface area contributed by atoms with Crippen LogP contribution >= 0.6 is 0 Å². The molecule has 0 spiro atoms. The summed E-state index contributed by atoms with van der Waals surface area (Å²) in [6.45, 7) is 3.35. The number of aliphatic carboxylic acids is 1. The van der Waals surface area contributed by atoms with Gasteiger partial charge in [0.05, 0.1) is 6.61 Å². The summed E-state index contributed by atoms with van der Waals surface area (Å²) in [5.74, 6) is -1.52. The molecule has 27 heavy (non-hydrogen) atoms. The van der Waals surface area contributed by atoms with Crippen LogP contribution in [0.3, 0.4) is 0 Å². The number of amides is 2. The summed E-state index contributed by atoms with van der Waals surface area (Å²) in [4.78, 5) is 50.9. The fourth-order valence-corrected chi connectivity index (χ4v) is 3.77. The van der Waals surface area contributed by atoms with Crippen molar-refractivity contribution in [2.24, 2.45) is 0 Å². The number of rotatable bonds is 9. The van der Waals surface area contributed by atoms with Crippen molar-refractivity contribution in [2.45, 2.75) is 76.8 Å². The zero-order valence-corrected chi connectivity index (χ0v) is 16.0. The molecule has 2 saturated heterocycles. The number of hydrogen-bond donors (Lipinski definition) is 1. The Hall–Kier alpha value is -2.12. The zero-order chi connectivity index (χ0) is 19.8. The van der Waals surface area contributed by atoms with Gasteiger partial charge in [-0.3, -0.25) is 9.59 Å². The first-order valence-corrected chi connectivity index (χ1v) is 9.94. The first kappa shape index (κ1) is 21.2. The number of carboxylic acids is 1. The topological polar surface area (TPSA) is 104 Å². The van der Waals surface area contributed by atoms with Gasteiger partial charge in [-0.15, -0.1) is 0 Å². The van der Waals surface area contributed by atoms with Crippen molar-refractivity contribution in [3.63, 3.8) is 0 Å². The van der Waals surface area contributed by atoms with Crippen molar-refractivity contribution in [1.82, 2.24) is 9.80 Å². The minimum atomic E-state index is -0.953. The van der Waals surface area contributed by atoms with E-state index in [0.29, 0.717) is 51.8 Å². The summed E-state index contributed by atoms with van der Waals surface area (Å²) < 4.78 is 5.17. The lowest BCUT2D eigenvalue weighted by molar-refractivity contribution is -0.153. The molecule has 0 aliphatic carbocycles. The highest BCUT2D eigenvalue weighted by Crippen LogP contribution is 2.22. The number of ether oxygens (including phenoxy) is 1. The third-order valence-electron chi connectivity index (χ3n) is 5.18. The number of carboxylic acid groups (broad SMARTS) is 1. The highest BCUT2D eigenvalue weighted by Gasteiger charge is 2.35. The van der Waals surface area contributed by atoms with E-state index >= 15 is 0 Å². The van der Waals surface area contributed by atoms with Crippen LogP contribution in [0, 0.1) is 0 Å². The average molecular weight is 382 g/mol. The van der Waals surface area contributed by atoms with Crippen molar-refractivity contribution < 1.29 is 29.0 Å². The minimum absolute atomic E-state index is 0.0806. The lowest BCUT2D eigenvalue weighted by atomic mass is 10.1. The average Bonchev–Trinajstić information content (AvgIpc) is 3.32. The number of likely N-dealkylation sites (tertiary alicyclic amines) is 2. The van der Waals surface area contributed by atoms with E-state index in [0.717, 1.165) is 12.8 Å². The molecule has 0 bridgehead atoms. The van der Waals surface area contributed by atoms with Gasteiger partial charge < -0.3 is 19.6 Å². The lowest BCUT2D eigenvalue weighted by Crippen LogP contribution is -2.41. The number of hydrogen-bond acceptors (Lipinski definition) is 5. The summed E-state index contributed by atoms with van der Waals surface area (Å²) in [6, 6.07) is -1.19. The molecule has 1 N–H and O–H groups in total. The zero-order valence-electron chi connectivity index (χ0n) is 16.0. The molecule has 2 aliphatic heterocycles. The Kier molecular flexibility index (Phi) is 8.06. The predicted octanol–water partition coefficient (Wildman–Crippen LogP) is 1.57. The first-order chi connectivity index (χ1) is 13.0. The minimum Gasteiger partial charge on any atom is -0.480 e. The molecule has 0 radical (unpaired) electrons. The smallest absolute Gasteiger partial charge is 0.328 e. The molecule has 2 aliphatic rings. The maximum atomic E-state index is 12.4. The van der Waals surface area contributed by atoms with E-state index in [1.54, 1.807) is 4.90 Å². The molecule has 0 aromatic carbocycles. The van der Waals surface area contributed by atoms with Crippen molar-refractivity contribution >= 4 is 23.8 Å². The monoisotopic (exact) mass is 382 g/mol. The molecule has 0 unspecified atom stereocenters. The Bertz CT molecular complexity index is 564. The van der Waals surface area contributed by atoms with Gasteiger partial charge in [0.1, 0.15) is 12.1 Å². The molecule has 0 aromatic heterocycles. The summed E-state index contributed by atoms with van der Waals surface area (Å²) in [5, 5.41) is 9.14. The van der Waals surface area contributed by atoms with Gasteiger partial charge in [-0.1, -0.05) is 6.92 Å². The first-order valence-electron chi connectivity index (χ1n) is 9.94. The molecular formula is C19H30N2O6. The fourth-order valence-electron chi connectivity index (χ4n) is 3.77. The molecule has 2 heterocycles. The second-order valence-electron chi connectivity index (χ2n) is 7.20. The number of carbonyl (C=O) groups excluding carboxylic acids is 3. The molecule has 2 fully saturated rings. The van der Waals surface area contributed by atoms with Crippen LogP contribution in [-0.4, -0.2) is 70.4 Å². The van der Waals surface area contributed by atoms with Crippen molar-refractivity contribution in [1.29, 1.82) is 0 Å². The van der Waals surface area contributed by atoms with Gasteiger partial charge in [0, 0.05) is 25.9 Å². The number of carbonyl (C=O) groups is 4. The third kappa shape index (κ3) is 5.68. The quantitative estimate of drug-likeness (QED) is 0.479. The Morgan fingerprint density at radius 2 is 1.44 bits per heavy atom. The fraction of sp³-hybridized carbons (Fsp3) is 0.789. The van der Waals surface area contributed by atoms with E-state index in [-0.39, 0.29) is 30.6 Å². The van der Waals surface area contributed by atoms with Gasteiger partial charge in [0.2, 0.25) is 11.8 Å². The molecule has 2 atom stereocenters. The van der Waals surface area contributed by atoms with Crippen LogP contribution in [0.4, 0.5) is 0 Å². The summed E-state index contributed by atoms with van der Waals surface area (Å²) in [7, 11) is 0. The summed E-state index contributed by atoms with van der Waals surface area (Å²) >= 11 is 0. The Morgan fingerprint density at radius 3 is 1.96 bits per heavy atom. The Labute approximate surface area is 159 Å². The van der Waals surface area contributed by atoms with Gasteiger partial charge in [-0.05, 0) is 44.9 Å². The van der Waals surface area contributed by atoms with Crippen LogP contribution in [0.15, 0.2) is 0 Å². The van der Waals surface area contributed by atoms with E-state index in [1.165, 1.54) is 4.90 Å². The van der Waals surface area contributed by atoms with Gasteiger partial charge in [-0.25, -0.2) is 9.59 Å². The SMILES string of the molecule is CCCOC(=O)[C@H]1CCCN1C(=O)CCCCC(=O)N1CCC[C@@H]1C(=O)O. The Morgan fingerprint density at radius 1 is 0.926 bits per heavy atom. The standard InChI is InChI=1S/C19H30N2O6/c1-2-13-27-19(26)15-8-6-12-21(15)17(23)10-4-3-9-16(22)20-11-5-7-14(20)18(24)25/h14-15H,2-13H2,1H3,(H,24,25)/t14-,15-/m1/s1. The highest BCUT2D eigenvalue weighted by atomic mass is 16.5. The van der Waals surface area contributed by atoms with E-state index in [4.69, 9.17) is 9.84 Å². The normalized spacial score (nSPS) is 22.1. The van der Waals surface area contributed by atoms with Gasteiger partial charge in [-0.2, -0.15) is 0 Å². The van der Waals surface area contributed by atoms with E-state index < -0.39 is 18.1 Å². The van der Waals surface area contributed by atoms with Gasteiger partial charge >= 0.3 is 11.9 Å². The molecule has 2 amide bonds. The van der Waals surface area contributed by atoms with Crippen molar-refractivity contribution in [3.8, 4) is 0 Å². The van der Waals surface area contributed by atoms with Crippen LogP contribution < -0.4 is 0 Å². The van der Waals surface area contributed by atoms with E-state index in [9.17, 15) is 19.2 Å². The molecule has 0 saturated carbocycles. The molecule has 152 valence electrons. The van der Waals surface area contributed by atoms with Crippen LogP contribution in [-0.2, 0) is 23.9 Å². The van der Waals surface area contributed by atoms with E-state index in [2.05, 4.69) is 0 Å². The van der Waals surface area contributed by atoms with Crippen molar-refractivity contribution in [3.05, 3.63) is 0 Å².